The van der Waals surface area contributed by atoms with Crippen molar-refractivity contribution in [3.05, 3.63) is 56.7 Å². The van der Waals surface area contributed by atoms with Crippen LogP contribution in [0.5, 0.6) is 0 Å². The Labute approximate surface area is 113 Å². The first-order valence-corrected chi connectivity index (χ1v) is 5.64. The van der Waals surface area contributed by atoms with E-state index in [4.69, 9.17) is 23.2 Å². The molecule has 1 N–H and O–H groups in total. The number of anilines is 2. The Kier molecular flexibility index (Phi) is 3.64. The summed E-state index contributed by atoms with van der Waals surface area (Å²) in [5.41, 5.74) is 0.587. The molecule has 18 heavy (non-hydrogen) atoms. The number of nitrogens with zero attached hydrogens (tertiary/aromatic N) is 2. The van der Waals surface area contributed by atoms with E-state index >= 15 is 0 Å². The maximum atomic E-state index is 10.5. The van der Waals surface area contributed by atoms with Crippen LogP contribution in [0.3, 0.4) is 0 Å². The standard InChI is InChI=1S/C11H7Cl2N3O2/c12-7-1-3-8(4-2-7)15-11-10(13)5-9(6-14-11)16(17)18/h1-6H,(H,14,15). The average Bonchev–Trinajstić information content (AvgIpc) is 2.34. The molecule has 0 aliphatic heterocycles. The summed E-state index contributed by atoms with van der Waals surface area (Å²) in [6.07, 6.45) is 1.14. The molecule has 1 heterocycles. The average molecular weight is 284 g/mol. The molecule has 7 heteroatoms. The number of hydrogen-bond donors (Lipinski definition) is 1. The first-order valence-electron chi connectivity index (χ1n) is 4.89. The minimum atomic E-state index is -0.551. The van der Waals surface area contributed by atoms with E-state index < -0.39 is 4.92 Å². The first-order chi connectivity index (χ1) is 8.56. The van der Waals surface area contributed by atoms with E-state index in [1.54, 1.807) is 24.3 Å². The van der Waals surface area contributed by atoms with Crippen LogP contribution in [0.4, 0.5) is 17.2 Å². The van der Waals surface area contributed by atoms with Gasteiger partial charge in [0.1, 0.15) is 12.0 Å². The molecule has 0 aliphatic rings. The summed E-state index contributed by atoms with van der Waals surface area (Å²) in [6, 6.07) is 8.17. The van der Waals surface area contributed by atoms with E-state index in [0.29, 0.717) is 10.8 Å². The van der Waals surface area contributed by atoms with Crippen LogP contribution >= 0.6 is 23.2 Å². The van der Waals surface area contributed by atoms with E-state index in [9.17, 15) is 10.1 Å². The van der Waals surface area contributed by atoms with E-state index in [-0.39, 0.29) is 10.7 Å². The SMILES string of the molecule is O=[N+]([O-])c1cnc(Nc2ccc(Cl)cc2)c(Cl)c1. The van der Waals surface area contributed by atoms with Crippen LogP contribution in [-0.2, 0) is 0 Å². The van der Waals surface area contributed by atoms with Crippen molar-refractivity contribution >= 4 is 40.4 Å². The van der Waals surface area contributed by atoms with Gasteiger partial charge in [0.2, 0.25) is 0 Å². The van der Waals surface area contributed by atoms with Crippen LogP contribution in [0, 0.1) is 10.1 Å². The lowest BCUT2D eigenvalue weighted by Crippen LogP contribution is -1.96. The van der Waals surface area contributed by atoms with Gasteiger partial charge in [0.25, 0.3) is 5.69 Å². The van der Waals surface area contributed by atoms with Crippen LogP contribution in [0.1, 0.15) is 0 Å². The molecule has 0 bridgehead atoms. The molecule has 1 aromatic heterocycles. The minimum absolute atomic E-state index is 0.151. The van der Waals surface area contributed by atoms with E-state index in [2.05, 4.69) is 10.3 Å². The Morgan fingerprint density at radius 1 is 1.22 bits per heavy atom. The number of nitrogens with one attached hydrogen (secondary N) is 1. The van der Waals surface area contributed by atoms with Gasteiger partial charge in [-0.05, 0) is 24.3 Å². The second kappa shape index (κ2) is 5.20. The highest BCUT2D eigenvalue weighted by Gasteiger charge is 2.10. The molecule has 0 radical (unpaired) electrons. The number of pyridine rings is 1. The third kappa shape index (κ3) is 2.88. The van der Waals surface area contributed by atoms with Gasteiger partial charge >= 0.3 is 0 Å². The molecule has 0 unspecified atom stereocenters. The van der Waals surface area contributed by atoms with Crippen molar-refractivity contribution in [2.24, 2.45) is 0 Å². The molecule has 92 valence electrons. The van der Waals surface area contributed by atoms with Crippen molar-refractivity contribution in [1.29, 1.82) is 0 Å². The van der Waals surface area contributed by atoms with E-state index in [0.717, 1.165) is 11.9 Å². The second-order valence-corrected chi connectivity index (χ2v) is 4.26. The monoisotopic (exact) mass is 283 g/mol. The molecular formula is C11H7Cl2N3O2. The molecule has 0 fully saturated rings. The Balaban J connectivity index is 2.24. The van der Waals surface area contributed by atoms with Gasteiger partial charge in [0.15, 0.2) is 0 Å². The van der Waals surface area contributed by atoms with Crippen molar-refractivity contribution in [2.75, 3.05) is 5.32 Å². The lowest BCUT2D eigenvalue weighted by atomic mass is 10.3. The minimum Gasteiger partial charge on any atom is -0.339 e. The molecular weight excluding hydrogens is 277 g/mol. The van der Waals surface area contributed by atoms with Gasteiger partial charge in [0.05, 0.1) is 9.95 Å². The summed E-state index contributed by atoms with van der Waals surface area (Å²) in [4.78, 5) is 13.9. The van der Waals surface area contributed by atoms with Crippen LogP contribution in [0.2, 0.25) is 10.0 Å². The normalized spacial score (nSPS) is 10.1. The van der Waals surface area contributed by atoms with E-state index in [1.807, 2.05) is 0 Å². The highest BCUT2D eigenvalue weighted by atomic mass is 35.5. The molecule has 0 amide bonds. The van der Waals surface area contributed by atoms with Gasteiger partial charge in [-0.3, -0.25) is 10.1 Å². The fraction of sp³-hybridized carbons (Fsp3) is 0. The van der Waals surface area contributed by atoms with Gasteiger partial charge in [-0.25, -0.2) is 4.98 Å². The second-order valence-electron chi connectivity index (χ2n) is 3.41. The quantitative estimate of drug-likeness (QED) is 0.682. The number of halogens is 2. The predicted octanol–water partition coefficient (Wildman–Crippen LogP) is 4.04. The maximum Gasteiger partial charge on any atom is 0.289 e. The molecule has 0 saturated carbocycles. The molecule has 0 saturated heterocycles. The number of rotatable bonds is 3. The Bertz CT molecular complexity index is 587. The maximum absolute atomic E-state index is 10.5. The molecule has 5 nitrogen and oxygen atoms in total. The summed E-state index contributed by atoms with van der Waals surface area (Å²) in [7, 11) is 0. The molecule has 0 aliphatic carbocycles. The smallest absolute Gasteiger partial charge is 0.289 e. The fourth-order valence-electron chi connectivity index (χ4n) is 1.29. The van der Waals surface area contributed by atoms with Gasteiger partial charge in [-0.2, -0.15) is 0 Å². The van der Waals surface area contributed by atoms with Crippen molar-refractivity contribution in [3.8, 4) is 0 Å². The van der Waals surface area contributed by atoms with Gasteiger partial charge in [-0.1, -0.05) is 23.2 Å². The summed E-state index contributed by atoms with van der Waals surface area (Å²) in [5, 5.41) is 14.3. The zero-order valence-corrected chi connectivity index (χ0v) is 10.4. The lowest BCUT2D eigenvalue weighted by molar-refractivity contribution is -0.385. The zero-order valence-electron chi connectivity index (χ0n) is 8.93. The Morgan fingerprint density at radius 3 is 2.44 bits per heavy atom. The van der Waals surface area contributed by atoms with Crippen molar-refractivity contribution in [3.63, 3.8) is 0 Å². The van der Waals surface area contributed by atoms with Gasteiger partial charge < -0.3 is 5.32 Å². The largest absolute Gasteiger partial charge is 0.339 e. The topological polar surface area (TPSA) is 68.1 Å². The number of nitro groups is 1. The Morgan fingerprint density at radius 2 is 1.89 bits per heavy atom. The van der Waals surface area contributed by atoms with Crippen LogP contribution < -0.4 is 5.32 Å². The van der Waals surface area contributed by atoms with Crippen LogP contribution in [-0.4, -0.2) is 9.91 Å². The Hall–Kier alpha value is -1.85. The van der Waals surface area contributed by atoms with Crippen molar-refractivity contribution in [1.82, 2.24) is 4.98 Å². The summed E-state index contributed by atoms with van der Waals surface area (Å²) in [6.45, 7) is 0. The summed E-state index contributed by atoms with van der Waals surface area (Å²) in [5.74, 6) is 0.351. The molecule has 1 aromatic carbocycles. The molecule has 0 spiro atoms. The fourth-order valence-corrected chi connectivity index (χ4v) is 1.62. The van der Waals surface area contributed by atoms with Crippen molar-refractivity contribution in [2.45, 2.75) is 0 Å². The first kappa shape index (κ1) is 12.6. The summed E-state index contributed by atoms with van der Waals surface area (Å²) >= 11 is 11.7. The number of aromatic nitrogens is 1. The molecule has 2 rings (SSSR count). The van der Waals surface area contributed by atoms with E-state index in [1.165, 1.54) is 6.07 Å². The highest BCUT2D eigenvalue weighted by Crippen LogP contribution is 2.27. The number of benzene rings is 1. The lowest BCUT2D eigenvalue weighted by Gasteiger charge is -2.06. The van der Waals surface area contributed by atoms with Crippen LogP contribution in [0.15, 0.2) is 36.5 Å². The van der Waals surface area contributed by atoms with Crippen LogP contribution in [0.25, 0.3) is 0 Å². The molecule has 0 atom stereocenters. The highest BCUT2D eigenvalue weighted by molar-refractivity contribution is 6.33. The third-order valence-electron chi connectivity index (χ3n) is 2.14. The number of hydrogen-bond acceptors (Lipinski definition) is 4. The zero-order chi connectivity index (χ0) is 13.1. The van der Waals surface area contributed by atoms with Crippen molar-refractivity contribution < 1.29 is 4.92 Å². The summed E-state index contributed by atoms with van der Waals surface area (Å²) < 4.78 is 0. The third-order valence-corrected chi connectivity index (χ3v) is 2.68. The van der Waals surface area contributed by atoms with Gasteiger partial charge in [-0.15, -0.1) is 0 Å². The molecule has 2 aromatic rings. The van der Waals surface area contributed by atoms with Gasteiger partial charge in [0, 0.05) is 16.8 Å². The predicted molar refractivity (Wildman–Crippen MR) is 70.6 cm³/mol.